The van der Waals surface area contributed by atoms with Crippen LogP contribution in [0.15, 0.2) is 57.7 Å². The monoisotopic (exact) mass is 384 g/mol. The van der Waals surface area contributed by atoms with Gasteiger partial charge in [0.1, 0.15) is 23.2 Å². The topological polar surface area (TPSA) is 112 Å². The number of carbonyl (C=O) groups is 2. The lowest BCUT2D eigenvalue weighted by molar-refractivity contribution is -0.119. The number of halogens is 1. The summed E-state index contributed by atoms with van der Waals surface area (Å²) in [6, 6.07) is 9.95. The highest BCUT2D eigenvalue weighted by Crippen LogP contribution is 2.23. The summed E-state index contributed by atoms with van der Waals surface area (Å²) < 4.78 is 23.3. The number of hydrogen-bond donors (Lipinski definition) is 2. The summed E-state index contributed by atoms with van der Waals surface area (Å²) in [7, 11) is 1.48. The van der Waals surface area contributed by atoms with E-state index in [1.54, 1.807) is 18.2 Å². The number of carbonyl (C=O) groups excluding carboxylic acids is 2. The van der Waals surface area contributed by atoms with Gasteiger partial charge in [-0.2, -0.15) is 0 Å². The van der Waals surface area contributed by atoms with Crippen molar-refractivity contribution >= 4 is 22.8 Å². The van der Waals surface area contributed by atoms with E-state index in [1.165, 1.54) is 25.3 Å². The van der Waals surface area contributed by atoms with Crippen LogP contribution in [0.25, 0.3) is 11.0 Å². The van der Waals surface area contributed by atoms with Crippen LogP contribution in [0.3, 0.4) is 0 Å². The Hall–Kier alpha value is -3.68. The first kappa shape index (κ1) is 19.1. The maximum absolute atomic E-state index is 13.0. The largest absolute Gasteiger partial charge is 0.497 e. The standard InChI is InChI=1S/C20H17FN2O5/c1-27-14-6-7-15-12(9-18(24)28-17(15)10-14)8-16(19(22)25)23-20(26)11-2-4-13(21)5-3-11/h2-7,9-10,16H,8H2,1H3,(H2,22,25)(H,23,26)/t16-/m1/s1. The Balaban J connectivity index is 1.90. The van der Waals surface area contributed by atoms with Crippen molar-refractivity contribution < 1.29 is 23.1 Å². The molecule has 0 fully saturated rings. The molecule has 0 aliphatic rings. The Morgan fingerprint density at radius 1 is 1.18 bits per heavy atom. The SMILES string of the molecule is COc1ccc2c(C[C@@H](NC(=O)c3ccc(F)cc3)C(N)=O)cc(=O)oc2c1. The van der Waals surface area contributed by atoms with E-state index in [2.05, 4.69) is 5.32 Å². The molecule has 2 amide bonds. The molecule has 1 atom stereocenters. The number of nitrogens with two attached hydrogens (primary N) is 1. The van der Waals surface area contributed by atoms with Crippen LogP contribution in [0.2, 0.25) is 0 Å². The average molecular weight is 384 g/mol. The van der Waals surface area contributed by atoms with E-state index >= 15 is 0 Å². The van der Waals surface area contributed by atoms with Gasteiger partial charge in [0.15, 0.2) is 0 Å². The fourth-order valence-corrected chi connectivity index (χ4v) is 2.79. The third-order valence-electron chi connectivity index (χ3n) is 4.22. The second-order valence-electron chi connectivity index (χ2n) is 6.09. The van der Waals surface area contributed by atoms with Gasteiger partial charge in [-0.15, -0.1) is 0 Å². The van der Waals surface area contributed by atoms with Gasteiger partial charge in [-0.05, 0) is 42.0 Å². The Bertz CT molecular complexity index is 1090. The fraction of sp³-hybridized carbons (Fsp3) is 0.150. The Morgan fingerprint density at radius 2 is 1.89 bits per heavy atom. The van der Waals surface area contributed by atoms with E-state index in [9.17, 15) is 18.8 Å². The second kappa shape index (κ2) is 7.91. The summed E-state index contributed by atoms with van der Waals surface area (Å²) in [4.78, 5) is 36.1. The van der Waals surface area contributed by atoms with Crippen LogP contribution >= 0.6 is 0 Å². The summed E-state index contributed by atoms with van der Waals surface area (Å²) in [5.41, 5.74) is 5.77. The first-order valence-electron chi connectivity index (χ1n) is 8.34. The van der Waals surface area contributed by atoms with Crippen molar-refractivity contribution in [1.29, 1.82) is 0 Å². The van der Waals surface area contributed by atoms with Crippen LogP contribution in [-0.2, 0) is 11.2 Å². The minimum Gasteiger partial charge on any atom is -0.497 e. The second-order valence-corrected chi connectivity index (χ2v) is 6.09. The van der Waals surface area contributed by atoms with Gasteiger partial charge in [0.05, 0.1) is 7.11 Å². The average Bonchev–Trinajstić information content (AvgIpc) is 2.67. The molecule has 0 aliphatic carbocycles. The van der Waals surface area contributed by atoms with Crippen molar-refractivity contribution in [3.63, 3.8) is 0 Å². The molecule has 0 unspecified atom stereocenters. The molecule has 3 aromatic rings. The van der Waals surface area contributed by atoms with E-state index in [-0.39, 0.29) is 17.6 Å². The molecule has 0 spiro atoms. The number of hydrogen-bond acceptors (Lipinski definition) is 5. The molecule has 0 aliphatic heterocycles. The van der Waals surface area contributed by atoms with Gasteiger partial charge in [-0.3, -0.25) is 9.59 Å². The minimum absolute atomic E-state index is 0.0172. The fourth-order valence-electron chi connectivity index (χ4n) is 2.79. The first-order chi connectivity index (χ1) is 13.4. The van der Waals surface area contributed by atoms with E-state index < -0.39 is 29.3 Å². The molecule has 0 bridgehead atoms. The molecule has 0 radical (unpaired) electrons. The predicted molar refractivity (Wildman–Crippen MR) is 99.6 cm³/mol. The van der Waals surface area contributed by atoms with Crippen molar-refractivity contribution in [3.8, 4) is 5.75 Å². The molecule has 0 saturated heterocycles. The van der Waals surface area contributed by atoms with Crippen molar-refractivity contribution in [3.05, 3.63) is 75.9 Å². The molecule has 2 aromatic carbocycles. The first-order valence-corrected chi connectivity index (χ1v) is 8.34. The lowest BCUT2D eigenvalue weighted by Gasteiger charge is -2.16. The van der Waals surface area contributed by atoms with E-state index in [0.717, 1.165) is 12.1 Å². The number of methoxy groups -OCH3 is 1. The van der Waals surface area contributed by atoms with Gasteiger partial charge >= 0.3 is 5.63 Å². The minimum atomic E-state index is -1.08. The number of primary amides is 1. The zero-order chi connectivity index (χ0) is 20.3. The van der Waals surface area contributed by atoms with Crippen LogP contribution in [0, 0.1) is 5.82 Å². The molecular formula is C20H17FN2O5. The molecule has 0 saturated carbocycles. The van der Waals surface area contributed by atoms with Crippen LogP contribution in [0.5, 0.6) is 5.75 Å². The molecule has 7 nitrogen and oxygen atoms in total. The van der Waals surface area contributed by atoms with Crippen molar-refractivity contribution in [1.82, 2.24) is 5.32 Å². The van der Waals surface area contributed by atoms with Gasteiger partial charge in [0.2, 0.25) is 5.91 Å². The van der Waals surface area contributed by atoms with E-state index in [4.69, 9.17) is 14.9 Å². The third-order valence-corrected chi connectivity index (χ3v) is 4.22. The van der Waals surface area contributed by atoms with E-state index in [0.29, 0.717) is 16.7 Å². The lowest BCUT2D eigenvalue weighted by atomic mass is 10.0. The molecular weight excluding hydrogens is 367 g/mol. The third kappa shape index (κ3) is 4.17. The summed E-state index contributed by atoms with van der Waals surface area (Å²) in [5, 5.41) is 3.10. The molecule has 28 heavy (non-hydrogen) atoms. The van der Waals surface area contributed by atoms with Crippen molar-refractivity contribution in [2.75, 3.05) is 7.11 Å². The van der Waals surface area contributed by atoms with Crippen molar-refractivity contribution in [2.45, 2.75) is 12.5 Å². The Morgan fingerprint density at radius 3 is 2.54 bits per heavy atom. The number of fused-ring (bicyclic) bond motifs is 1. The van der Waals surface area contributed by atoms with Gasteiger partial charge in [0.25, 0.3) is 5.91 Å². The van der Waals surface area contributed by atoms with E-state index in [1.807, 2.05) is 0 Å². The number of rotatable bonds is 6. The molecule has 1 aromatic heterocycles. The normalized spacial score (nSPS) is 11.8. The Labute approximate surface area is 158 Å². The molecule has 3 rings (SSSR count). The highest BCUT2D eigenvalue weighted by atomic mass is 19.1. The summed E-state index contributed by atoms with van der Waals surface area (Å²) in [5.74, 6) is -1.34. The number of nitrogens with one attached hydrogen (secondary N) is 1. The summed E-state index contributed by atoms with van der Waals surface area (Å²) in [6.07, 6.45) is -0.0172. The molecule has 144 valence electrons. The maximum atomic E-state index is 13.0. The van der Waals surface area contributed by atoms with Crippen LogP contribution in [-0.4, -0.2) is 25.0 Å². The van der Waals surface area contributed by atoms with Crippen molar-refractivity contribution in [2.24, 2.45) is 5.73 Å². The zero-order valence-electron chi connectivity index (χ0n) is 14.9. The number of amides is 2. The maximum Gasteiger partial charge on any atom is 0.336 e. The lowest BCUT2D eigenvalue weighted by Crippen LogP contribution is -2.46. The molecule has 1 heterocycles. The summed E-state index contributed by atoms with van der Waals surface area (Å²) in [6.45, 7) is 0. The molecule has 3 N–H and O–H groups in total. The summed E-state index contributed by atoms with van der Waals surface area (Å²) >= 11 is 0. The number of benzene rings is 2. The van der Waals surface area contributed by atoms with Gasteiger partial charge < -0.3 is 20.2 Å². The quantitative estimate of drug-likeness (QED) is 0.629. The van der Waals surface area contributed by atoms with Crippen LogP contribution in [0.4, 0.5) is 4.39 Å². The van der Waals surface area contributed by atoms with Crippen LogP contribution in [0.1, 0.15) is 15.9 Å². The van der Waals surface area contributed by atoms with Gasteiger partial charge in [-0.1, -0.05) is 0 Å². The smallest absolute Gasteiger partial charge is 0.336 e. The van der Waals surface area contributed by atoms with Gasteiger partial charge in [0, 0.05) is 29.5 Å². The van der Waals surface area contributed by atoms with Gasteiger partial charge in [-0.25, -0.2) is 9.18 Å². The van der Waals surface area contributed by atoms with Crippen LogP contribution < -0.4 is 21.4 Å². The highest BCUT2D eigenvalue weighted by Gasteiger charge is 2.21. The number of ether oxygens (including phenoxy) is 1. The molecule has 8 heteroatoms. The highest BCUT2D eigenvalue weighted by molar-refractivity contribution is 5.97. The Kier molecular flexibility index (Phi) is 5.39. The zero-order valence-corrected chi connectivity index (χ0v) is 14.9. The predicted octanol–water partition coefficient (Wildman–Crippen LogP) is 1.77.